The summed E-state index contributed by atoms with van der Waals surface area (Å²) in [5.41, 5.74) is 9.59. The third-order valence-electron chi connectivity index (χ3n) is 4.52. The number of hydrogen-bond donors (Lipinski definition) is 0. The number of hydrogen-bond acceptors (Lipinski definition) is 1. The molecule has 4 rings (SSSR count). The van der Waals surface area contributed by atoms with Crippen LogP contribution in [0.25, 0.3) is 11.6 Å². The normalized spacial score (nSPS) is 15.1. The monoisotopic (exact) mass is 316 g/mol. The van der Waals surface area contributed by atoms with Gasteiger partial charge in [-0.25, -0.2) is 0 Å². The fraction of sp³-hybridized carbons (Fsp3) is 0.182. The predicted molar refractivity (Wildman–Crippen MR) is 101 cm³/mol. The number of thiophene rings is 1. The lowest BCUT2D eigenvalue weighted by Gasteiger charge is -2.11. The van der Waals surface area contributed by atoms with Gasteiger partial charge in [-0.3, -0.25) is 0 Å². The highest BCUT2D eigenvalue weighted by atomic mass is 32.1. The van der Waals surface area contributed by atoms with E-state index in [-0.39, 0.29) is 0 Å². The second-order valence-electron chi connectivity index (χ2n) is 6.39. The molecule has 0 N–H and O–H groups in total. The van der Waals surface area contributed by atoms with Crippen molar-refractivity contribution in [3.63, 3.8) is 0 Å². The van der Waals surface area contributed by atoms with Crippen molar-refractivity contribution in [1.82, 2.24) is 0 Å². The van der Waals surface area contributed by atoms with Crippen LogP contribution in [0.1, 0.15) is 38.3 Å². The molecule has 0 fully saturated rings. The fourth-order valence-electron chi connectivity index (χ4n) is 3.58. The number of aryl methyl sites for hydroxylation is 4. The third-order valence-corrected chi connectivity index (χ3v) is 5.50. The largest absolute Gasteiger partial charge is 0.148 e. The first-order chi connectivity index (χ1) is 11.2. The molecule has 23 heavy (non-hydrogen) atoms. The van der Waals surface area contributed by atoms with E-state index in [0.29, 0.717) is 0 Å². The molecule has 2 aromatic carbocycles. The molecule has 1 aromatic heterocycles. The molecule has 1 heteroatoms. The molecule has 3 aromatic rings. The van der Waals surface area contributed by atoms with Crippen LogP contribution in [0, 0.1) is 13.8 Å². The molecule has 0 spiro atoms. The van der Waals surface area contributed by atoms with Crippen LogP contribution >= 0.6 is 11.3 Å². The van der Waals surface area contributed by atoms with Crippen LogP contribution in [0.5, 0.6) is 0 Å². The molecule has 0 unspecified atom stereocenters. The zero-order valence-corrected chi connectivity index (χ0v) is 14.4. The Balaban J connectivity index is 1.95. The van der Waals surface area contributed by atoms with Gasteiger partial charge in [-0.15, -0.1) is 11.3 Å². The first-order valence-electron chi connectivity index (χ1n) is 8.16. The minimum Gasteiger partial charge on any atom is -0.148 e. The highest BCUT2D eigenvalue weighted by Gasteiger charge is 2.18. The van der Waals surface area contributed by atoms with Crippen molar-refractivity contribution in [2.75, 3.05) is 0 Å². The summed E-state index contributed by atoms with van der Waals surface area (Å²) in [4.78, 5) is 1.51. The van der Waals surface area contributed by atoms with Gasteiger partial charge in [0.05, 0.1) is 0 Å². The fourth-order valence-corrected chi connectivity index (χ4v) is 4.48. The van der Waals surface area contributed by atoms with Crippen molar-refractivity contribution in [3.05, 3.63) is 92.2 Å². The summed E-state index contributed by atoms with van der Waals surface area (Å²) < 4.78 is 0. The lowest BCUT2D eigenvalue weighted by Crippen LogP contribution is -1.91. The van der Waals surface area contributed by atoms with E-state index in [4.69, 9.17) is 0 Å². The Morgan fingerprint density at radius 2 is 1.65 bits per heavy atom. The van der Waals surface area contributed by atoms with Crippen LogP contribution in [0.3, 0.4) is 0 Å². The molecule has 114 valence electrons. The summed E-state index contributed by atoms with van der Waals surface area (Å²) in [5.74, 6) is 0. The van der Waals surface area contributed by atoms with Gasteiger partial charge in [0.2, 0.25) is 0 Å². The maximum atomic E-state index is 2.37. The molecule has 0 aliphatic heterocycles. The molecule has 1 aliphatic carbocycles. The first-order valence-corrected chi connectivity index (χ1v) is 9.04. The maximum absolute atomic E-state index is 2.37. The van der Waals surface area contributed by atoms with Gasteiger partial charge in [0.25, 0.3) is 0 Å². The lowest BCUT2D eigenvalue weighted by molar-refractivity contribution is 0.985. The molecule has 0 atom stereocenters. The molecule has 0 nitrogen and oxygen atoms in total. The molecule has 0 saturated carbocycles. The summed E-state index contributed by atoms with van der Waals surface area (Å²) in [6, 6.07) is 17.9. The van der Waals surface area contributed by atoms with Gasteiger partial charge in [-0.05, 0) is 72.0 Å². The van der Waals surface area contributed by atoms with Gasteiger partial charge in [0, 0.05) is 4.88 Å². The van der Waals surface area contributed by atoms with Crippen molar-refractivity contribution >= 4 is 23.0 Å². The number of benzene rings is 2. The number of rotatable bonds is 1. The summed E-state index contributed by atoms with van der Waals surface area (Å²) >= 11 is 1.89. The quantitative estimate of drug-likeness (QED) is 0.512. The maximum Gasteiger partial charge on any atom is 0.0127 e. The first kappa shape index (κ1) is 14.5. The molecule has 1 aliphatic rings. The van der Waals surface area contributed by atoms with Gasteiger partial charge in [-0.1, -0.05) is 53.6 Å². The topological polar surface area (TPSA) is 0 Å². The Labute approximate surface area is 142 Å². The van der Waals surface area contributed by atoms with E-state index in [1.165, 1.54) is 43.8 Å². The van der Waals surface area contributed by atoms with E-state index in [0.717, 1.165) is 12.8 Å². The zero-order valence-electron chi connectivity index (χ0n) is 13.6. The molecular weight excluding hydrogens is 296 g/mol. The van der Waals surface area contributed by atoms with Gasteiger partial charge in [0.1, 0.15) is 0 Å². The number of fused-ring (bicyclic) bond motifs is 2. The molecule has 0 bridgehead atoms. The summed E-state index contributed by atoms with van der Waals surface area (Å²) in [6.07, 6.45) is 4.65. The van der Waals surface area contributed by atoms with Crippen LogP contribution in [-0.2, 0) is 12.8 Å². The lowest BCUT2D eigenvalue weighted by atomic mass is 9.93. The predicted octanol–water partition coefficient (Wildman–Crippen LogP) is 6.05. The van der Waals surface area contributed by atoms with Crippen LogP contribution in [0.4, 0.5) is 0 Å². The molecular formula is C22H20S. The average molecular weight is 316 g/mol. The minimum atomic E-state index is 1.13. The zero-order chi connectivity index (χ0) is 15.8. The second-order valence-corrected chi connectivity index (χ2v) is 7.39. The highest BCUT2D eigenvalue weighted by Crippen LogP contribution is 2.37. The third kappa shape index (κ3) is 2.77. The molecule has 0 saturated heterocycles. The Kier molecular flexibility index (Phi) is 3.66. The smallest absolute Gasteiger partial charge is 0.0127 e. The Morgan fingerprint density at radius 3 is 2.48 bits per heavy atom. The van der Waals surface area contributed by atoms with Crippen LogP contribution in [-0.4, -0.2) is 0 Å². The van der Waals surface area contributed by atoms with E-state index >= 15 is 0 Å². The van der Waals surface area contributed by atoms with Crippen molar-refractivity contribution in [1.29, 1.82) is 0 Å². The standard InChI is InChI=1S/C22H20S/c1-15-11-16(2)13-17(12-15)14-21-19-6-4-3-5-18(19)7-8-22-20(21)9-10-23-22/h3-6,9-14H,7-8H2,1-2H3/b21-14+. The average Bonchev–Trinajstić information content (AvgIpc) is 2.93. The van der Waals surface area contributed by atoms with E-state index in [2.05, 4.69) is 73.8 Å². The summed E-state index contributed by atoms with van der Waals surface area (Å²) in [6.45, 7) is 4.35. The molecule has 0 amide bonds. The second kappa shape index (κ2) is 5.82. The highest BCUT2D eigenvalue weighted by molar-refractivity contribution is 7.10. The minimum absolute atomic E-state index is 1.13. The van der Waals surface area contributed by atoms with E-state index in [1.807, 2.05) is 11.3 Å². The van der Waals surface area contributed by atoms with Crippen LogP contribution < -0.4 is 0 Å². The summed E-state index contributed by atoms with van der Waals surface area (Å²) in [7, 11) is 0. The van der Waals surface area contributed by atoms with Gasteiger partial charge < -0.3 is 0 Å². The van der Waals surface area contributed by atoms with Crippen molar-refractivity contribution in [2.45, 2.75) is 26.7 Å². The molecule has 1 heterocycles. The van der Waals surface area contributed by atoms with E-state index < -0.39 is 0 Å². The SMILES string of the molecule is Cc1cc(C)cc(/C=C2\c3ccccc3CCc3sccc32)c1. The van der Waals surface area contributed by atoms with Crippen LogP contribution in [0.15, 0.2) is 53.9 Å². The Hall–Kier alpha value is -2.12. The van der Waals surface area contributed by atoms with Crippen LogP contribution in [0.2, 0.25) is 0 Å². The van der Waals surface area contributed by atoms with Gasteiger partial charge >= 0.3 is 0 Å². The summed E-state index contributed by atoms with van der Waals surface area (Å²) in [5, 5.41) is 2.23. The molecule has 0 radical (unpaired) electrons. The Morgan fingerprint density at radius 1 is 0.870 bits per heavy atom. The Bertz CT molecular complexity index is 876. The van der Waals surface area contributed by atoms with Crippen molar-refractivity contribution in [2.24, 2.45) is 0 Å². The van der Waals surface area contributed by atoms with Gasteiger partial charge in [-0.2, -0.15) is 0 Å². The van der Waals surface area contributed by atoms with Crippen molar-refractivity contribution in [3.8, 4) is 0 Å². The van der Waals surface area contributed by atoms with Crippen molar-refractivity contribution < 1.29 is 0 Å². The van der Waals surface area contributed by atoms with E-state index in [1.54, 1.807) is 0 Å². The van der Waals surface area contributed by atoms with E-state index in [9.17, 15) is 0 Å². The van der Waals surface area contributed by atoms with Gasteiger partial charge in [0.15, 0.2) is 0 Å².